The van der Waals surface area contributed by atoms with E-state index in [0.29, 0.717) is 29.7 Å². The number of anilines is 1. The van der Waals surface area contributed by atoms with E-state index in [1.807, 2.05) is 43.3 Å². The number of benzene rings is 2. The van der Waals surface area contributed by atoms with Crippen LogP contribution in [0.1, 0.15) is 25.0 Å². The van der Waals surface area contributed by atoms with Crippen LogP contribution in [0.15, 0.2) is 58.5 Å². The fraction of sp³-hybridized carbons (Fsp3) is 0.320. The number of halogens is 2. The molecule has 0 aliphatic carbocycles. The molecule has 5 rings (SSSR count). The monoisotopic (exact) mass is 512 g/mol. The second-order valence-electron chi connectivity index (χ2n) is 8.80. The largest absolute Gasteiger partial charge is 0.366 e. The molecule has 184 valence electrons. The Morgan fingerprint density at radius 1 is 0.629 bits per heavy atom. The maximum atomic E-state index is 4.79. The molecule has 0 bridgehead atoms. The van der Waals surface area contributed by atoms with Crippen molar-refractivity contribution in [2.45, 2.75) is 25.9 Å². The first-order chi connectivity index (χ1) is 16.0. The van der Waals surface area contributed by atoms with Crippen molar-refractivity contribution in [1.29, 1.82) is 0 Å². The average molecular weight is 513 g/mol. The average Bonchev–Trinajstić information content (AvgIpc) is 3.47. The number of rotatable bonds is 5. The van der Waals surface area contributed by atoms with Crippen LogP contribution < -0.4 is 15.5 Å². The highest BCUT2D eigenvalue weighted by Gasteiger charge is 2.17. The van der Waals surface area contributed by atoms with E-state index in [-0.39, 0.29) is 24.8 Å². The maximum Gasteiger partial charge on any atom is 0.228 e. The minimum absolute atomic E-state index is 0. The van der Waals surface area contributed by atoms with Gasteiger partial charge in [0.2, 0.25) is 5.95 Å². The van der Waals surface area contributed by atoms with Gasteiger partial charge in [0.1, 0.15) is 11.7 Å². The highest BCUT2D eigenvalue weighted by atomic mass is 35.5. The SMILES string of the molecule is CC1CN=C(c2ccc(-c3nc(-c4ccc(C5=NCC(C)N5)cc4)nc(N(C)C)n3)cc2)N1.Cl.Cl. The van der Waals surface area contributed by atoms with Crippen molar-refractivity contribution in [3.63, 3.8) is 0 Å². The van der Waals surface area contributed by atoms with Crippen molar-refractivity contribution < 1.29 is 0 Å². The second kappa shape index (κ2) is 11.0. The van der Waals surface area contributed by atoms with Crippen LogP contribution in [-0.2, 0) is 0 Å². The zero-order chi connectivity index (χ0) is 22.9. The zero-order valence-corrected chi connectivity index (χ0v) is 21.8. The summed E-state index contributed by atoms with van der Waals surface area (Å²) in [6, 6.07) is 17.1. The summed E-state index contributed by atoms with van der Waals surface area (Å²) in [5, 5.41) is 6.80. The first-order valence-electron chi connectivity index (χ1n) is 11.2. The molecule has 2 aromatic carbocycles. The van der Waals surface area contributed by atoms with Gasteiger partial charge in [0.05, 0.1) is 13.1 Å². The molecule has 2 unspecified atom stereocenters. The highest BCUT2D eigenvalue weighted by Crippen LogP contribution is 2.24. The fourth-order valence-corrected chi connectivity index (χ4v) is 3.83. The summed E-state index contributed by atoms with van der Waals surface area (Å²) >= 11 is 0. The summed E-state index contributed by atoms with van der Waals surface area (Å²) in [4.78, 5) is 25.2. The molecular weight excluding hydrogens is 483 g/mol. The van der Waals surface area contributed by atoms with E-state index in [1.54, 1.807) is 0 Å². The molecule has 3 aromatic rings. The number of aromatic nitrogens is 3. The van der Waals surface area contributed by atoms with Gasteiger partial charge in [-0.05, 0) is 13.8 Å². The normalized spacial score (nSPS) is 18.4. The van der Waals surface area contributed by atoms with Gasteiger partial charge in [-0.15, -0.1) is 24.8 Å². The van der Waals surface area contributed by atoms with Crippen LogP contribution in [-0.4, -0.2) is 65.9 Å². The summed E-state index contributed by atoms with van der Waals surface area (Å²) in [7, 11) is 3.87. The van der Waals surface area contributed by atoms with E-state index < -0.39 is 0 Å². The summed E-state index contributed by atoms with van der Waals surface area (Å²) < 4.78 is 0. The predicted octanol–water partition coefficient (Wildman–Crippen LogP) is 3.59. The number of hydrogen-bond donors (Lipinski definition) is 2. The minimum atomic E-state index is 0. The Morgan fingerprint density at radius 2 is 1.00 bits per heavy atom. The number of hydrogen-bond acceptors (Lipinski definition) is 8. The molecule has 8 nitrogen and oxygen atoms in total. The molecule has 35 heavy (non-hydrogen) atoms. The van der Waals surface area contributed by atoms with Gasteiger partial charge in [-0.25, -0.2) is 4.98 Å². The van der Waals surface area contributed by atoms with Gasteiger partial charge in [0.15, 0.2) is 11.6 Å². The minimum Gasteiger partial charge on any atom is -0.366 e. The van der Waals surface area contributed by atoms with Crippen LogP contribution in [0.4, 0.5) is 5.95 Å². The van der Waals surface area contributed by atoms with Crippen molar-refractivity contribution in [2.24, 2.45) is 9.98 Å². The van der Waals surface area contributed by atoms with E-state index in [4.69, 9.17) is 4.98 Å². The Bertz CT molecular complexity index is 1130. The Morgan fingerprint density at radius 3 is 1.31 bits per heavy atom. The Hall–Kier alpha value is -3.23. The van der Waals surface area contributed by atoms with E-state index in [1.165, 1.54) is 0 Å². The molecule has 0 saturated carbocycles. The molecule has 0 saturated heterocycles. The van der Waals surface area contributed by atoms with E-state index in [2.05, 4.69) is 68.7 Å². The second-order valence-corrected chi connectivity index (χ2v) is 8.80. The lowest BCUT2D eigenvalue weighted by molar-refractivity contribution is 0.726. The van der Waals surface area contributed by atoms with Crippen molar-refractivity contribution in [3.05, 3.63) is 59.7 Å². The lowest BCUT2D eigenvalue weighted by atomic mass is 10.1. The molecule has 0 fully saturated rings. The van der Waals surface area contributed by atoms with Crippen LogP contribution in [0.5, 0.6) is 0 Å². The first kappa shape index (κ1) is 26.4. The highest BCUT2D eigenvalue weighted by molar-refractivity contribution is 6.01. The summed E-state index contributed by atoms with van der Waals surface area (Å²) in [5.74, 6) is 3.79. The summed E-state index contributed by atoms with van der Waals surface area (Å²) in [6.07, 6.45) is 0. The standard InChI is InChI=1S/C25H28N8.2ClH/c1-15-13-26-21(28-15)17-5-9-19(10-6-17)23-30-24(32-25(31-23)33(3)4)20-11-7-18(8-12-20)22-27-14-16(2)29-22;;/h5-12,15-16H,13-14H2,1-4H3,(H,26,28)(H,27,29);2*1H. The Balaban J connectivity index is 0.00000171. The van der Waals surface area contributed by atoms with Crippen molar-refractivity contribution >= 4 is 42.4 Å². The molecule has 1 aromatic heterocycles. The first-order valence-corrected chi connectivity index (χ1v) is 11.2. The van der Waals surface area contributed by atoms with E-state index in [9.17, 15) is 0 Å². The lowest BCUT2D eigenvalue weighted by Gasteiger charge is -2.14. The fourth-order valence-electron chi connectivity index (χ4n) is 3.83. The maximum absolute atomic E-state index is 4.79. The third-order valence-corrected chi connectivity index (χ3v) is 5.67. The van der Waals surface area contributed by atoms with Crippen LogP contribution in [0, 0.1) is 0 Å². The van der Waals surface area contributed by atoms with Crippen molar-refractivity contribution in [1.82, 2.24) is 25.6 Å². The third kappa shape index (κ3) is 5.71. The number of aliphatic imine (C=N–C) groups is 2. The van der Waals surface area contributed by atoms with Gasteiger partial charge in [-0.3, -0.25) is 9.98 Å². The predicted molar refractivity (Wildman–Crippen MR) is 148 cm³/mol. The number of nitrogens with one attached hydrogen (secondary N) is 2. The van der Waals surface area contributed by atoms with Gasteiger partial charge in [-0.1, -0.05) is 48.5 Å². The van der Waals surface area contributed by atoms with E-state index in [0.717, 1.165) is 47.0 Å². The molecule has 2 atom stereocenters. The molecule has 2 aliphatic rings. The lowest BCUT2D eigenvalue weighted by Crippen LogP contribution is -2.27. The van der Waals surface area contributed by atoms with Crippen LogP contribution in [0.25, 0.3) is 22.8 Å². The third-order valence-electron chi connectivity index (χ3n) is 5.67. The molecule has 10 heteroatoms. The molecule has 3 heterocycles. The van der Waals surface area contributed by atoms with Gasteiger partial charge in [0.25, 0.3) is 0 Å². The van der Waals surface area contributed by atoms with E-state index >= 15 is 0 Å². The van der Waals surface area contributed by atoms with Gasteiger partial charge >= 0.3 is 0 Å². The molecule has 2 aliphatic heterocycles. The smallest absolute Gasteiger partial charge is 0.228 e. The van der Waals surface area contributed by atoms with Crippen LogP contribution in [0.2, 0.25) is 0 Å². The zero-order valence-electron chi connectivity index (χ0n) is 20.2. The summed E-state index contributed by atoms with van der Waals surface area (Å²) in [5.41, 5.74) is 4.01. The number of amidine groups is 2. The van der Waals surface area contributed by atoms with Crippen molar-refractivity contribution in [2.75, 3.05) is 32.1 Å². The molecule has 0 amide bonds. The topological polar surface area (TPSA) is 90.7 Å². The molecule has 0 radical (unpaired) electrons. The number of nitrogens with zero attached hydrogens (tertiary/aromatic N) is 6. The van der Waals surface area contributed by atoms with Crippen molar-refractivity contribution in [3.8, 4) is 22.8 Å². The van der Waals surface area contributed by atoms with Crippen LogP contribution in [0.3, 0.4) is 0 Å². The quantitative estimate of drug-likeness (QED) is 0.542. The van der Waals surface area contributed by atoms with Gasteiger partial charge in [0, 0.05) is 48.4 Å². The Kier molecular flexibility index (Phi) is 8.30. The summed E-state index contributed by atoms with van der Waals surface area (Å²) in [6.45, 7) is 5.87. The molecule has 2 N–H and O–H groups in total. The molecule has 0 spiro atoms. The molecular formula is C25H30Cl2N8. The van der Waals surface area contributed by atoms with Gasteiger partial charge < -0.3 is 15.5 Å². The van der Waals surface area contributed by atoms with Gasteiger partial charge in [-0.2, -0.15) is 9.97 Å². The van der Waals surface area contributed by atoms with Crippen LogP contribution >= 0.6 is 24.8 Å². The Labute approximate surface area is 218 Å².